The van der Waals surface area contributed by atoms with Crippen molar-refractivity contribution < 1.29 is 4.39 Å². The fraction of sp³-hybridized carbons (Fsp3) is 0.286. The van der Waals surface area contributed by atoms with E-state index >= 15 is 0 Å². The van der Waals surface area contributed by atoms with Crippen LogP contribution in [0.2, 0.25) is 0 Å². The molecule has 0 aliphatic carbocycles. The quantitative estimate of drug-likeness (QED) is 0.454. The molecule has 0 atom stereocenters. The highest BCUT2D eigenvalue weighted by Gasteiger charge is 2.02. The molecule has 1 aromatic heterocycles. The van der Waals surface area contributed by atoms with Crippen molar-refractivity contribution in [1.82, 2.24) is 15.6 Å². The number of benzene rings is 1. The lowest BCUT2D eigenvalue weighted by Gasteiger charge is -2.10. The molecule has 0 saturated heterocycles. The average Bonchev–Trinajstić information content (AvgIpc) is 2.87. The largest absolute Gasteiger partial charge is 0.352 e. The van der Waals surface area contributed by atoms with E-state index in [-0.39, 0.29) is 29.8 Å². The molecular weight excluding hydrogens is 402 g/mol. The molecule has 21 heavy (non-hydrogen) atoms. The number of aliphatic imine (C=N–C) groups is 1. The third-order valence-corrected chi connectivity index (χ3v) is 3.59. The van der Waals surface area contributed by atoms with Gasteiger partial charge in [0.25, 0.3) is 0 Å². The number of thiazole rings is 1. The van der Waals surface area contributed by atoms with Crippen molar-refractivity contribution in [3.05, 3.63) is 51.7 Å². The number of hydrogen-bond acceptors (Lipinski definition) is 3. The van der Waals surface area contributed by atoms with Gasteiger partial charge in [-0.15, -0.1) is 35.3 Å². The molecule has 0 spiro atoms. The molecule has 0 saturated carbocycles. The number of aryl methyl sites for hydroxylation is 1. The van der Waals surface area contributed by atoms with E-state index in [1.165, 1.54) is 17.0 Å². The van der Waals surface area contributed by atoms with Crippen LogP contribution in [-0.4, -0.2) is 18.0 Å². The predicted molar refractivity (Wildman–Crippen MR) is 95.7 cm³/mol. The first kappa shape index (κ1) is 17.8. The summed E-state index contributed by atoms with van der Waals surface area (Å²) in [6.45, 7) is 3.27. The molecule has 4 nitrogen and oxygen atoms in total. The Kier molecular flexibility index (Phi) is 7.58. The molecule has 1 heterocycles. The van der Waals surface area contributed by atoms with Crippen molar-refractivity contribution >= 4 is 41.3 Å². The monoisotopic (exact) mass is 420 g/mol. The molecule has 7 heteroatoms. The number of aromatic nitrogens is 1. The number of nitrogens with one attached hydrogen (secondary N) is 2. The Morgan fingerprint density at radius 3 is 2.48 bits per heavy atom. The Bertz CT molecular complexity index is 583. The third-order valence-electron chi connectivity index (χ3n) is 2.67. The maximum absolute atomic E-state index is 12.8. The van der Waals surface area contributed by atoms with Crippen LogP contribution in [0.15, 0.2) is 35.5 Å². The van der Waals surface area contributed by atoms with Crippen LogP contribution < -0.4 is 10.6 Å². The van der Waals surface area contributed by atoms with Gasteiger partial charge in [0, 0.05) is 24.7 Å². The number of guanidine groups is 1. The van der Waals surface area contributed by atoms with E-state index in [1.54, 1.807) is 30.5 Å². The van der Waals surface area contributed by atoms with Gasteiger partial charge < -0.3 is 10.6 Å². The molecular formula is C14H18FIN4S. The van der Waals surface area contributed by atoms with Gasteiger partial charge in [-0.3, -0.25) is 4.99 Å². The SMILES string of the molecule is CN=C(NCc1ccc(F)cc1)NCc1ncc(C)s1.I. The Morgan fingerprint density at radius 1 is 1.24 bits per heavy atom. The van der Waals surface area contributed by atoms with Gasteiger partial charge >= 0.3 is 0 Å². The van der Waals surface area contributed by atoms with E-state index in [9.17, 15) is 4.39 Å². The van der Waals surface area contributed by atoms with E-state index in [1.807, 2.05) is 13.1 Å². The molecule has 0 fully saturated rings. The topological polar surface area (TPSA) is 49.3 Å². The first-order valence-electron chi connectivity index (χ1n) is 6.27. The highest BCUT2D eigenvalue weighted by molar-refractivity contribution is 14.0. The Labute approximate surface area is 144 Å². The lowest BCUT2D eigenvalue weighted by Crippen LogP contribution is -2.36. The van der Waals surface area contributed by atoms with Crippen LogP contribution in [0.1, 0.15) is 15.4 Å². The minimum atomic E-state index is -0.226. The van der Waals surface area contributed by atoms with Gasteiger partial charge in [-0.05, 0) is 24.6 Å². The summed E-state index contributed by atoms with van der Waals surface area (Å²) >= 11 is 1.66. The van der Waals surface area contributed by atoms with Crippen LogP contribution in [0.5, 0.6) is 0 Å². The Morgan fingerprint density at radius 2 is 1.90 bits per heavy atom. The van der Waals surface area contributed by atoms with Crippen LogP contribution in [0.3, 0.4) is 0 Å². The predicted octanol–water partition coefficient (Wildman–Crippen LogP) is 3.07. The van der Waals surface area contributed by atoms with Gasteiger partial charge in [0.1, 0.15) is 10.8 Å². The summed E-state index contributed by atoms with van der Waals surface area (Å²) in [4.78, 5) is 9.61. The van der Waals surface area contributed by atoms with Gasteiger partial charge in [0.05, 0.1) is 6.54 Å². The number of rotatable bonds is 4. The van der Waals surface area contributed by atoms with Crippen LogP contribution in [0.25, 0.3) is 0 Å². The number of hydrogen-bond donors (Lipinski definition) is 2. The molecule has 0 bridgehead atoms. The van der Waals surface area contributed by atoms with Crippen molar-refractivity contribution in [2.24, 2.45) is 4.99 Å². The van der Waals surface area contributed by atoms with Crippen LogP contribution >= 0.6 is 35.3 Å². The van der Waals surface area contributed by atoms with Crippen LogP contribution in [0, 0.1) is 12.7 Å². The normalized spacial score (nSPS) is 10.9. The highest BCUT2D eigenvalue weighted by atomic mass is 127. The third kappa shape index (κ3) is 5.96. The first-order valence-corrected chi connectivity index (χ1v) is 7.09. The number of halogens is 2. The summed E-state index contributed by atoms with van der Waals surface area (Å²) in [5, 5.41) is 7.39. The van der Waals surface area contributed by atoms with E-state index in [4.69, 9.17) is 0 Å². The highest BCUT2D eigenvalue weighted by Crippen LogP contribution is 2.10. The van der Waals surface area contributed by atoms with Crippen molar-refractivity contribution in [3.8, 4) is 0 Å². The van der Waals surface area contributed by atoms with Crippen molar-refractivity contribution in [2.45, 2.75) is 20.0 Å². The molecule has 0 unspecified atom stereocenters. The van der Waals surface area contributed by atoms with E-state index in [0.717, 1.165) is 10.6 Å². The van der Waals surface area contributed by atoms with Crippen molar-refractivity contribution in [1.29, 1.82) is 0 Å². The summed E-state index contributed by atoms with van der Waals surface area (Å²) in [6, 6.07) is 6.40. The molecule has 1 aromatic carbocycles. The van der Waals surface area contributed by atoms with Gasteiger partial charge in [-0.1, -0.05) is 12.1 Å². The van der Waals surface area contributed by atoms with Crippen LogP contribution in [0.4, 0.5) is 4.39 Å². The molecule has 0 radical (unpaired) electrons. The minimum absolute atomic E-state index is 0. The summed E-state index contributed by atoms with van der Waals surface area (Å²) in [5.74, 6) is 0.470. The zero-order chi connectivity index (χ0) is 14.4. The van der Waals surface area contributed by atoms with E-state index in [2.05, 4.69) is 20.6 Å². The fourth-order valence-corrected chi connectivity index (χ4v) is 2.38. The molecule has 2 aromatic rings. The van der Waals surface area contributed by atoms with E-state index < -0.39 is 0 Å². The zero-order valence-corrected chi connectivity index (χ0v) is 15.0. The lowest BCUT2D eigenvalue weighted by atomic mass is 10.2. The second kappa shape index (κ2) is 8.93. The minimum Gasteiger partial charge on any atom is -0.352 e. The molecule has 114 valence electrons. The average molecular weight is 420 g/mol. The zero-order valence-electron chi connectivity index (χ0n) is 11.9. The van der Waals surface area contributed by atoms with Gasteiger partial charge in [-0.2, -0.15) is 0 Å². The molecule has 0 aliphatic heterocycles. The first-order chi connectivity index (χ1) is 9.67. The Hall–Kier alpha value is -1.22. The summed E-state index contributed by atoms with van der Waals surface area (Å²) in [5.41, 5.74) is 0.999. The second-order valence-electron chi connectivity index (χ2n) is 4.27. The molecule has 2 N–H and O–H groups in total. The second-order valence-corrected chi connectivity index (χ2v) is 5.59. The molecule has 0 amide bonds. The summed E-state index contributed by atoms with van der Waals surface area (Å²) < 4.78 is 12.8. The van der Waals surface area contributed by atoms with Crippen molar-refractivity contribution in [2.75, 3.05) is 7.05 Å². The maximum atomic E-state index is 12.8. The smallest absolute Gasteiger partial charge is 0.191 e. The van der Waals surface area contributed by atoms with Gasteiger partial charge in [-0.25, -0.2) is 9.37 Å². The maximum Gasteiger partial charge on any atom is 0.191 e. The fourth-order valence-electron chi connectivity index (χ4n) is 1.65. The number of nitrogens with zero attached hydrogens (tertiary/aromatic N) is 2. The summed E-state index contributed by atoms with van der Waals surface area (Å²) in [6.07, 6.45) is 1.86. The lowest BCUT2D eigenvalue weighted by molar-refractivity contribution is 0.626. The van der Waals surface area contributed by atoms with Gasteiger partial charge in [0.2, 0.25) is 0 Å². The Balaban J connectivity index is 0.00000220. The molecule has 0 aliphatic rings. The standard InChI is InChI=1S/C14H17FN4S.HI/c1-10-7-17-13(20-10)9-19-14(16-2)18-8-11-3-5-12(15)6-4-11;/h3-7H,8-9H2,1-2H3,(H2,16,18,19);1H. The van der Waals surface area contributed by atoms with Crippen LogP contribution in [-0.2, 0) is 13.1 Å². The summed E-state index contributed by atoms with van der Waals surface area (Å²) in [7, 11) is 1.72. The van der Waals surface area contributed by atoms with Crippen molar-refractivity contribution in [3.63, 3.8) is 0 Å². The van der Waals surface area contributed by atoms with E-state index in [0.29, 0.717) is 19.0 Å². The van der Waals surface area contributed by atoms with Gasteiger partial charge in [0.15, 0.2) is 5.96 Å². The molecule has 2 rings (SSSR count).